The van der Waals surface area contributed by atoms with Gasteiger partial charge in [0.25, 0.3) is 20.9 Å². The number of rotatable bonds is 11. The monoisotopic (exact) mass is 386 g/mol. The zero-order valence-corrected chi connectivity index (χ0v) is 15.4. The molecule has 1 unspecified atom stereocenters. The van der Waals surface area contributed by atoms with E-state index in [0.29, 0.717) is 30.6 Å². The molecule has 2 rings (SSSR count). The average molecular weight is 386 g/mol. The highest BCUT2D eigenvalue weighted by molar-refractivity contribution is 8.27. The van der Waals surface area contributed by atoms with Gasteiger partial charge >= 0.3 is 0 Å². The molecule has 7 nitrogen and oxygen atoms in total. The molecule has 0 bridgehead atoms. The van der Waals surface area contributed by atoms with Gasteiger partial charge < -0.3 is 5.32 Å². The van der Waals surface area contributed by atoms with Crippen LogP contribution in [0.15, 0.2) is 24.3 Å². The molecule has 1 heterocycles. The van der Waals surface area contributed by atoms with Crippen molar-refractivity contribution < 1.29 is 22.5 Å². The van der Waals surface area contributed by atoms with Crippen LogP contribution in [0.5, 0.6) is 0 Å². The lowest BCUT2D eigenvalue weighted by atomic mass is 10.1. The lowest BCUT2D eigenvalue weighted by Gasteiger charge is -2.13. The summed E-state index contributed by atoms with van der Waals surface area (Å²) < 4.78 is 24.0. The van der Waals surface area contributed by atoms with E-state index in [-0.39, 0.29) is 18.4 Å². The number of amides is 2. The first-order valence-corrected chi connectivity index (χ1v) is 10.5. The Hall–Kier alpha value is -1.39. The van der Waals surface area contributed by atoms with E-state index in [1.165, 1.54) is 4.90 Å². The molecule has 1 aromatic rings. The zero-order chi connectivity index (χ0) is 18.3. The fraction of sp³-hybridized carbons (Fsp3) is 0.500. The highest BCUT2D eigenvalue weighted by Gasteiger charge is 2.34. The van der Waals surface area contributed by atoms with Crippen molar-refractivity contribution in [2.24, 2.45) is 0 Å². The maximum absolute atomic E-state index is 12.2. The van der Waals surface area contributed by atoms with Crippen LogP contribution in [0.2, 0.25) is 0 Å². The molecule has 0 fully saturated rings. The van der Waals surface area contributed by atoms with Crippen molar-refractivity contribution in [2.45, 2.75) is 25.7 Å². The summed E-state index contributed by atoms with van der Waals surface area (Å²) in [6, 6.07) is 6.89. The van der Waals surface area contributed by atoms with Gasteiger partial charge in [-0.2, -0.15) is 4.21 Å². The van der Waals surface area contributed by atoms with E-state index in [1.807, 2.05) is 0 Å². The molecule has 2 N–H and O–H groups in total. The summed E-state index contributed by atoms with van der Waals surface area (Å²) >= 11 is 4.21. The lowest BCUT2D eigenvalue weighted by molar-refractivity contribution is 0.0651. The smallest absolute Gasteiger partial charge is 0.266 e. The van der Waals surface area contributed by atoms with Crippen LogP contribution < -0.4 is 5.32 Å². The van der Waals surface area contributed by atoms with Gasteiger partial charge in [0, 0.05) is 17.7 Å². The molecule has 0 spiro atoms. The largest absolute Gasteiger partial charge is 0.317 e. The van der Waals surface area contributed by atoms with Crippen LogP contribution in [0.4, 0.5) is 0 Å². The standard InChI is InChI=1S/C16H22N2O5S2/c19-15-13-7-2-3-8-14(13)16(20)18(15)11-5-1-4-9-17-10-6-12-23-25(21,22)24/h2-3,7-8,17H,1,4-6,9-12H2,(H,21,22,24). The SMILES string of the molecule is O=C1c2ccccc2C(=O)N1CCCCCNCCCOS(=O)(O)=S. The maximum atomic E-state index is 12.2. The second-order valence-electron chi connectivity index (χ2n) is 5.72. The lowest BCUT2D eigenvalue weighted by Crippen LogP contribution is -2.30. The van der Waals surface area contributed by atoms with Gasteiger partial charge in [-0.25, -0.2) is 0 Å². The van der Waals surface area contributed by atoms with Crippen LogP contribution in [-0.4, -0.2) is 51.7 Å². The molecule has 1 aliphatic heterocycles. The third-order valence-electron chi connectivity index (χ3n) is 3.84. The fourth-order valence-electron chi connectivity index (χ4n) is 2.63. The van der Waals surface area contributed by atoms with E-state index in [0.717, 1.165) is 25.8 Å². The number of fused-ring (bicyclic) bond motifs is 1. The van der Waals surface area contributed by atoms with E-state index in [9.17, 15) is 13.8 Å². The van der Waals surface area contributed by atoms with Crippen LogP contribution in [-0.2, 0) is 24.4 Å². The minimum Gasteiger partial charge on any atom is -0.317 e. The molecule has 138 valence electrons. The number of imide groups is 1. The van der Waals surface area contributed by atoms with Crippen LogP contribution >= 0.6 is 0 Å². The molecule has 1 aromatic carbocycles. The normalized spacial score (nSPS) is 16.1. The van der Waals surface area contributed by atoms with Gasteiger partial charge in [0.2, 0.25) is 0 Å². The second-order valence-corrected chi connectivity index (χ2v) is 8.08. The highest BCUT2D eigenvalue weighted by Crippen LogP contribution is 2.22. The maximum Gasteiger partial charge on any atom is 0.266 e. The molecule has 0 aliphatic carbocycles. The predicted molar refractivity (Wildman–Crippen MR) is 97.2 cm³/mol. The van der Waals surface area contributed by atoms with Crippen molar-refractivity contribution >= 4 is 32.1 Å². The Bertz CT molecular complexity index is 686. The third-order valence-corrected chi connectivity index (χ3v) is 4.60. The number of carbonyl (C=O) groups is 2. The van der Waals surface area contributed by atoms with E-state index in [2.05, 4.69) is 20.7 Å². The topological polar surface area (TPSA) is 95.9 Å². The van der Waals surface area contributed by atoms with E-state index < -0.39 is 9.05 Å². The minimum atomic E-state index is -3.52. The Labute approximate surface area is 152 Å². The van der Waals surface area contributed by atoms with Crippen molar-refractivity contribution in [1.29, 1.82) is 0 Å². The Kier molecular flexibility index (Phi) is 7.45. The van der Waals surface area contributed by atoms with Crippen molar-refractivity contribution in [3.8, 4) is 0 Å². The molecular weight excluding hydrogens is 364 g/mol. The molecule has 1 atom stereocenters. The number of hydrogen-bond donors (Lipinski definition) is 2. The number of unbranched alkanes of at least 4 members (excludes halogenated alkanes) is 2. The molecule has 0 saturated heterocycles. The van der Waals surface area contributed by atoms with E-state index in [4.69, 9.17) is 4.55 Å². The summed E-state index contributed by atoms with van der Waals surface area (Å²) in [5.74, 6) is -0.415. The number of nitrogens with one attached hydrogen (secondary N) is 1. The van der Waals surface area contributed by atoms with Crippen molar-refractivity contribution in [3.05, 3.63) is 35.4 Å². The second kappa shape index (κ2) is 9.35. The number of carbonyl (C=O) groups excluding carboxylic acids is 2. The van der Waals surface area contributed by atoms with Gasteiger partial charge in [-0.3, -0.25) is 23.2 Å². The van der Waals surface area contributed by atoms with Gasteiger partial charge in [0.15, 0.2) is 0 Å². The molecule has 25 heavy (non-hydrogen) atoms. The van der Waals surface area contributed by atoms with Crippen LogP contribution in [0, 0.1) is 0 Å². The summed E-state index contributed by atoms with van der Waals surface area (Å²) in [5, 5.41) is 3.20. The Balaban J connectivity index is 1.54. The average Bonchev–Trinajstić information content (AvgIpc) is 2.80. The van der Waals surface area contributed by atoms with Crippen molar-refractivity contribution in [1.82, 2.24) is 10.2 Å². The Morgan fingerprint density at radius 1 is 1.04 bits per heavy atom. The highest BCUT2D eigenvalue weighted by atomic mass is 32.9. The van der Waals surface area contributed by atoms with Crippen LogP contribution in [0.25, 0.3) is 0 Å². The summed E-state index contributed by atoms with van der Waals surface area (Å²) in [7, 11) is -3.52. The molecule has 0 radical (unpaired) electrons. The van der Waals surface area contributed by atoms with Gasteiger partial charge in [-0.15, -0.1) is 0 Å². The fourth-order valence-corrected chi connectivity index (χ4v) is 3.16. The number of benzene rings is 1. The summed E-state index contributed by atoms with van der Waals surface area (Å²) in [6.45, 7) is 2.04. The first-order valence-electron chi connectivity index (χ1n) is 8.18. The Morgan fingerprint density at radius 3 is 2.24 bits per heavy atom. The number of nitrogens with zero attached hydrogens (tertiary/aromatic N) is 1. The van der Waals surface area contributed by atoms with Crippen LogP contribution in [0.3, 0.4) is 0 Å². The first kappa shape index (κ1) is 19.9. The molecule has 9 heteroatoms. The molecule has 1 aliphatic rings. The third kappa shape index (κ3) is 6.12. The van der Waals surface area contributed by atoms with E-state index in [1.54, 1.807) is 24.3 Å². The molecule has 0 aromatic heterocycles. The van der Waals surface area contributed by atoms with Gasteiger partial charge in [0.1, 0.15) is 0 Å². The van der Waals surface area contributed by atoms with Gasteiger partial charge in [-0.1, -0.05) is 18.6 Å². The zero-order valence-electron chi connectivity index (χ0n) is 13.8. The first-order chi connectivity index (χ1) is 11.9. The van der Waals surface area contributed by atoms with Crippen molar-refractivity contribution in [2.75, 3.05) is 26.2 Å². The number of hydrogen-bond acceptors (Lipinski definition) is 6. The summed E-state index contributed by atoms with van der Waals surface area (Å²) in [5.41, 5.74) is 0.976. The van der Waals surface area contributed by atoms with Crippen molar-refractivity contribution in [3.63, 3.8) is 0 Å². The Morgan fingerprint density at radius 2 is 1.64 bits per heavy atom. The quantitative estimate of drug-likeness (QED) is 0.440. The predicted octanol–water partition coefficient (Wildman–Crippen LogP) is 1.58. The van der Waals surface area contributed by atoms with Crippen LogP contribution in [0.1, 0.15) is 46.4 Å². The molecule has 2 amide bonds. The van der Waals surface area contributed by atoms with Gasteiger partial charge in [0.05, 0.1) is 17.7 Å². The molecule has 0 saturated carbocycles. The minimum absolute atomic E-state index is 0.144. The summed E-state index contributed by atoms with van der Waals surface area (Å²) in [4.78, 5) is 25.7. The summed E-state index contributed by atoms with van der Waals surface area (Å²) in [6.07, 6.45) is 3.18. The van der Waals surface area contributed by atoms with E-state index >= 15 is 0 Å². The molecular formula is C16H22N2O5S2. The van der Waals surface area contributed by atoms with Gasteiger partial charge in [-0.05, 0) is 44.5 Å².